The van der Waals surface area contributed by atoms with Gasteiger partial charge in [0.25, 0.3) is 0 Å². The number of esters is 1. The van der Waals surface area contributed by atoms with Gasteiger partial charge in [0, 0.05) is 37.6 Å². The van der Waals surface area contributed by atoms with Crippen molar-refractivity contribution in [3.63, 3.8) is 0 Å². The molecule has 3 rings (SSSR count). The maximum atomic E-state index is 13.3. The monoisotopic (exact) mass is 391 g/mol. The number of piperazine rings is 1. The topological polar surface area (TPSA) is 61.9 Å². The molecule has 0 atom stereocenters. The summed E-state index contributed by atoms with van der Waals surface area (Å²) in [6, 6.07) is 10.9. The number of rotatable bonds is 3. The zero-order valence-corrected chi connectivity index (χ0v) is 15.5. The zero-order chi connectivity index (χ0) is 19.4. The lowest BCUT2D eigenvalue weighted by molar-refractivity contribution is 0.0600. The molecule has 8 heteroatoms. The molecule has 1 aliphatic heterocycles. The van der Waals surface area contributed by atoms with Crippen LogP contribution in [0.3, 0.4) is 0 Å². The molecule has 1 aliphatic rings. The molecule has 0 saturated carbocycles. The van der Waals surface area contributed by atoms with E-state index in [0.717, 1.165) is 5.69 Å². The van der Waals surface area contributed by atoms with E-state index >= 15 is 0 Å². The molecule has 0 aromatic heterocycles. The number of amides is 2. The van der Waals surface area contributed by atoms with Gasteiger partial charge in [-0.15, -0.1) is 0 Å². The number of nitrogens with one attached hydrogen (secondary N) is 1. The lowest BCUT2D eigenvalue weighted by Crippen LogP contribution is -2.50. The van der Waals surface area contributed by atoms with Crippen LogP contribution in [0.1, 0.15) is 10.4 Å². The Morgan fingerprint density at radius 2 is 1.74 bits per heavy atom. The second-order valence-electron chi connectivity index (χ2n) is 6.07. The predicted octanol–water partition coefficient (Wildman–Crippen LogP) is 3.62. The normalized spacial score (nSPS) is 14.0. The van der Waals surface area contributed by atoms with E-state index in [2.05, 4.69) is 15.0 Å². The summed E-state index contributed by atoms with van der Waals surface area (Å²) in [6.07, 6.45) is 0. The predicted molar refractivity (Wildman–Crippen MR) is 102 cm³/mol. The Hall–Kier alpha value is -2.80. The van der Waals surface area contributed by atoms with Gasteiger partial charge in [-0.1, -0.05) is 11.6 Å². The van der Waals surface area contributed by atoms with Crippen molar-refractivity contribution in [2.75, 3.05) is 43.5 Å². The van der Waals surface area contributed by atoms with Gasteiger partial charge in [0.15, 0.2) is 0 Å². The molecule has 1 fully saturated rings. The molecule has 0 unspecified atom stereocenters. The number of halogens is 2. The summed E-state index contributed by atoms with van der Waals surface area (Å²) in [5, 5.41) is 2.90. The Morgan fingerprint density at radius 3 is 2.33 bits per heavy atom. The quantitative estimate of drug-likeness (QED) is 0.812. The molecule has 6 nitrogen and oxygen atoms in total. The molecule has 0 aliphatic carbocycles. The summed E-state index contributed by atoms with van der Waals surface area (Å²) in [7, 11) is 1.32. The Labute approximate surface area is 161 Å². The van der Waals surface area contributed by atoms with E-state index in [1.165, 1.54) is 13.2 Å². The van der Waals surface area contributed by atoms with Gasteiger partial charge in [-0.3, -0.25) is 0 Å². The molecule has 0 bridgehead atoms. The van der Waals surface area contributed by atoms with Crippen LogP contribution in [-0.2, 0) is 4.74 Å². The van der Waals surface area contributed by atoms with E-state index in [1.54, 1.807) is 41.3 Å². The third-order valence-corrected chi connectivity index (χ3v) is 4.68. The second kappa shape index (κ2) is 8.26. The Bertz CT molecular complexity index is 837. The van der Waals surface area contributed by atoms with Crippen LogP contribution < -0.4 is 10.2 Å². The summed E-state index contributed by atoms with van der Waals surface area (Å²) in [6.45, 7) is 2.30. The van der Waals surface area contributed by atoms with Crippen molar-refractivity contribution < 1.29 is 18.7 Å². The van der Waals surface area contributed by atoms with E-state index in [-0.39, 0.29) is 11.1 Å². The number of urea groups is 1. The van der Waals surface area contributed by atoms with Crippen LogP contribution >= 0.6 is 11.6 Å². The number of benzene rings is 2. The molecule has 0 spiro atoms. The average Bonchev–Trinajstić information content (AvgIpc) is 2.70. The number of anilines is 2. The van der Waals surface area contributed by atoms with E-state index in [9.17, 15) is 14.0 Å². The van der Waals surface area contributed by atoms with E-state index < -0.39 is 11.8 Å². The summed E-state index contributed by atoms with van der Waals surface area (Å²) >= 11 is 5.84. The molecule has 2 amide bonds. The van der Waals surface area contributed by atoms with Gasteiger partial charge in [-0.2, -0.15) is 0 Å². The number of carbonyl (C=O) groups excluding carboxylic acids is 2. The van der Waals surface area contributed by atoms with Crippen LogP contribution in [0.25, 0.3) is 0 Å². The number of nitrogens with zero attached hydrogens (tertiary/aromatic N) is 2. The SMILES string of the molecule is COC(=O)c1ccc(NC(=O)N2CCN(c3ccc(F)c(Cl)c3)CC2)cc1. The first-order chi connectivity index (χ1) is 13.0. The summed E-state index contributed by atoms with van der Waals surface area (Å²) in [5.74, 6) is -0.874. The Morgan fingerprint density at radius 1 is 1.07 bits per heavy atom. The molecule has 1 heterocycles. The third-order valence-electron chi connectivity index (χ3n) is 4.39. The summed E-state index contributed by atoms with van der Waals surface area (Å²) in [4.78, 5) is 27.6. The number of hydrogen-bond acceptors (Lipinski definition) is 4. The highest BCUT2D eigenvalue weighted by Gasteiger charge is 2.22. The minimum absolute atomic E-state index is 0.0862. The van der Waals surface area contributed by atoms with Crippen LogP contribution in [0.4, 0.5) is 20.6 Å². The molecule has 2 aromatic carbocycles. The van der Waals surface area contributed by atoms with E-state index in [1.807, 2.05) is 0 Å². The van der Waals surface area contributed by atoms with Gasteiger partial charge in [0.2, 0.25) is 0 Å². The first-order valence-corrected chi connectivity index (χ1v) is 8.80. The maximum Gasteiger partial charge on any atom is 0.337 e. The van der Waals surface area contributed by atoms with Crippen LogP contribution in [-0.4, -0.2) is 50.2 Å². The van der Waals surface area contributed by atoms with Crippen molar-refractivity contribution in [1.29, 1.82) is 0 Å². The summed E-state index contributed by atoms with van der Waals surface area (Å²) in [5.41, 5.74) is 1.85. The van der Waals surface area contributed by atoms with Gasteiger partial charge in [-0.25, -0.2) is 14.0 Å². The fraction of sp³-hybridized carbons (Fsp3) is 0.263. The Kier molecular flexibility index (Phi) is 5.81. The lowest BCUT2D eigenvalue weighted by Gasteiger charge is -2.36. The number of methoxy groups -OCH3 is 1. The maximum absolute atomic E-state index is 13.3. The highest BCUT2D eigenvalue weighted by atomic mass is 35.5. The number of hydrogen-bond donors (Lipinski definition) is 1. The van der Waals surface area contributed by atoms with Crippen LogP contribution in [0.15, 0.2) is 42.5 Å². The van der Waals surface area contributed by atoms with Crippen LogP contribution in [0.5, 0.6) is 0 Å². The standard InChI is InChI=1S/C19H19ClFN3O3/c1-27-18(25)13-2-4-14(5-3-13)22-19(26)24-10-8-23(9-11-24)15-6-7-17(21)16(20)12-15/h2-7,12H,8-11H2,1H3,(H,22,26). The van der Waals surface area contributed by atoms with Gasteiger partial charge < -0.3 is 19.9 Å². The van der Waals surface area contributed by atoms with E-state index in [4.69, 9.17) is 11.6 Å². The largest absolute Gasteiger partial charge is 0.465 e. The molecule has 142 valence electrons. The zero-order valence-electron chi connectivity index (χ0n) is 14.7. The molecular weight excluding hydrogens is 373 g/mol. The van der Waals surface area contributed by atoms with Crippen LogP contribution in [0.2, 0.25) is 5.02 Å². The van der Waals surface area contributed by atoms with Crippen molar-refractivity contribution in [3.05, 3.63) is 58.9 Å². The molecule has 1 saturated heterocycles. The Balaban J connectivity index is 1.55. The second-order valence-corrected chi connectivity index (χ2v) is 6.48. The average molecular weight is 392 g/mol. The van der Waals surface area contributed by atoms with Gasteiger partial charge in [0.05, 0.1) is 17.7 Å². The lowest BCUT2D eigenvalue weighted by atomic mass is 10.2. The van der Waals surface area contributed by atoms with Crippen molar-refractivity contribution in [3.8, 4) is 0 Å². The minimum Gasteiger partial charge on any atom is -0.465 e. The molecular formula is C19H19ClFN3O3. The highest BCUT2D eigenvalue weighted by Crippen LogP contribution is 2.23. The highest BCUT2D eigenvalue weighted by molar-refractivity contribution is 6.31. The molecule has 0 radical (unpaired) electrons. The van der Waals surface area contributed by atoms with Crippen LogP contribution in [0, 0.1) is 5.82 Å². The van der Waals surface area contributed by atoms with Gasteiger partial charge in [0.1, 0.15) is 5.82 Å². The van der Waals surface area contributed by atoms with Gasteiger partial charge in [-0.05, 0) is 42.5 Å². The fourth-order valence-corrected chi connectivity index (χ4v) is 3.03. The van der Waals surface area contributed by atoms with Crippen molar-refractivity contribution in [2.24, 2.45) is 0 Å². The van der Waals surface area contributed by atoms with Crippen molar-refractivity contribution in [2.45, 2.75) is 0 Å². The smallest absolute Gasteiger partial charge is 0.337 e. The first kappa shape index (κ1) is 19.0. The van der Waals surface area contributed by atoms with E-state index in [0.29, 0.717) is 37.4 Å². The number of carbonyl (C=O) groups is 2. The molecule has 2 aromatic rings. The van der Waals surface area contributed by atoms with Gasteiger partial charge >= 0.3 is 12.0 Å². The third kappa shape index (κ3) is 4.49. The number of ether oxygens (including phenoxy) is 1. The van der Waals surface area contributed by atoms with Crippen molar-refractivity contribution >= 4 is 35.0 Å². The fourth-order valence-electron chi connectivity index (χ4n) is 2.86. The first-order valence-electron chi connectivity index (χ1n) is 8.42. The molecule has 27 heavy (non-hydrogen) atoms. The molecule has 1 N–H and O–H groups in total. The van der Waals surface area contributed by atoms with Crippen molar-refractivity contribution in [1.82, 2.24) is 4.90 Å². The summed E-state index contributed by atoms with van der Waals surface area (Å²) < 4.78 is 17.9. The minimum atomic E-state index is -0.448.